The first-order valence-electron chi connectivity index (χ1n) is 9.36. The molecule has 1 aromatic carbocycles. The molecule has 3 rings (SSSR count). The van der Waals surface area contributed by atoms with Crippen LogP contribution in [-0.4, -0.2) is 52.0 Å². The lowest BCUT2D eigenvalue weighted by Gasteiger charge is -2.37. The number of piperazine rings is 1. The van der Waals surface area contributed by atoms with Crippen molar-refractivity contribution in [1.29, 1.82) is 0 Å². The number of amides is 1. The van der Waals surface area contributed by atoms with Crippen LogP contribution in [-0.2, 0) is 4.79 Å². The van der Waals surface area contributed by atoms with Gasteiger partial charge in [-0.1, -0.05) is 48.8 Å². The van der Waals surface area contributed by atoms with Gasteiger partial charge in [-0.3, -0.25) is 9.69 Å². The Kier molecular flexibility index (Phi) is 5.71. The van der Waals surface area contributed by atoms with Crippen LogP contribution in [0.1, 0.15) is 44.7 Å². The fourth-order valence-electron chi connectivity index (χ4n) is 3.22. The van der Waals surface area contributed by atoms with Gasteiger partial charge in [0.15, 0.2) is 0 Å². The number of carbonyl (C=O) groups excluding carboxylic acids is 1. The molecule has 0 bridgehead atoms. The second-order valence-corrected chi connectivity index (χ2v) is 7.51. The summed E-state index contributed by atoms with van der Waals surface area (Å²) in [5.41, 5.74) is 2.16. The van der Waals surface area contributed by atoms with Crippen molar-refractivity contribution in [3.63, 3.8) is 0 Å². The lowest BCUT2D eigenvalue weighted by Crippen LogP contribution is -2.49. The molecule has 1 aromatic heterocycles. The zero-order valence-corrected chi connectivity index (χ0v) is 16.1. The maximum absolute atomic E-state index is 12.2. The van der Waals surface area contributed by atoms with Gasteiger partial charge in [-0.25, -0.2) is 0 Å². The Morgan fingerprint density at radius 3 is 2.38 bits per heavy atom. The summed E-state index contributed by atoms with van der Waals surface area (Å²) in [6.07, 6.45) is 0.624. The van der Waals surface area contributed by atoms with E-state index >= 15 is 0 Å². The Hall–Kier alpha value is -2.21. The van der Waals surface area contributed by atoms with Crippen LogP contribution in [0.4, 0.5) is 0 Å². The van der Waals surface area contributed by atoms with Crippen molar-refractivity contribution in [2.75, 3.05) is 26.2 Å². The third kappa shape index (κ3) is 4.30. The summed E-state index contributed by atoms with van der Waals surface area (Å²) in [6, 6.07) is 8.15. The van der Waals surface area contributed by atoms with E-state index in [-0.39, 0.29) is 11.9 Å². The van der Waals surface area contributed by atoms with Crippen LogP contribution in [0.25, 0.3) is 11.4 Å². The predicted octanol–water partition coefficient (Wildman–Crippen LogP) is 3.30. The molecule has 0 radical (unpaired) electrons. The lowest BCUT2D eigenvalue weighted by atomic mass is 10.1. The van der Waals surface area contributed by atoms with Crippen molar-refractivity contribution in [2.24, 2.45) is 5.92 Å². The highest BCUT2D eigenvalue weighted by molar-refractivity contribution is 5.76. The molecular weight excluding hydrogens is 328 g/mol. The molecule has 26 heavy (non-hydrogen) atoms. The van der Waals surface area contributed by atoms with Crippen molar-refractivity contribution < 1.29 is 9.32 Å². The average molecular weight is 356 g/mol. The second-order valence-electron chi connectivity index (χ2n) is 7.51. The van der Waals surface area contributed by atoms with E-state index in [0.29, 0.717) is 24.1 Å². The van der Waals surface area contributed by atoms with Crippen molar-refractivity contribution in [3.8, 4) is 11.4 Å². The molecule has 6 nitrogen and oxygen atoms in total. The van der Waals surface area contributed by atoms with E-state index in [0.717, 1.165) is 31.7 Å². The molecule has 0 aliphatic carbocycles. The van der Waals surface area contributed by atoms with Crippen LogP contribution in [0.15, 0.2) is 28.8 Å². The molecule has 1 amide bonds. The van der Waals surface area contributed by atoms with Gasteiger partial charge in [0.2, 0.25) is 17.6 Å². The molecule has 0 N–H and O–H groups in total. The van der Waals surface area contributed by atoms with Crippen LogP contribution in [0.3, 0.4) is 0 Å². The Bertz CT molecular complexity index is 731. The number of hydrogen-bond acceptors (Lipinski definition) is 5. The molecule has 2 aromatic rings. The van der Waals surface area contributed by atoms with Crippen molar-refractivity contribution in [1.82, 2.24) is 19.9 Å². The van der Waals surface area contributed by atoms with E-state index in [9.17, 15) is 4.79 Å². The number of hydrogen-bond donors (Lipinski definition) is 0. The minimum Gasteiger partial charge on any atom is -0.340 e. The number of benzene rings is 1. The number of carbonyl (C=O) groups is 1. The summed E-state index contributed by atoms with van der Waals surface area (Å²) < 4.78 is 5.51. The van der Waals surface area contributed by atoms with E-state index in [1.54, 1.807) is 0 Å². The second kappa shape index (κ2) is 7.99. The number of rotatable bonds is 5. The molecule has 2 heterocycles. The maximum Gasteiger partial charge on any atom is 0.244 e. The van der Waals surface area contributed by atoms with Gasteiger partial charge in [0.25, 0.3) is 0 Å². The Balaban J connectivity index is 1.60. The van der Waals surface area contributed by atoms with Gasteiger partial charge in [-0.05, 0) is 19.8 Å². The molecule has 0 spiro atoms. The van der Waals surface area contributed by atoms with E-state index in [4.69, 9.17) is 4.52 Å². The third-order valence-electron chi connectivity index (χ3n) is 4.91. The quantitative estimate of drug-likeness (QED) is 0.822. The summed E-state index contributed by atoms with van der Waals surface area (Å²) >= 11 is 0. The van der Waals surface area contributed by atoms with Crippen LogP contribution >= 0.6 is 0 Å². The highest BCUT2D eigenvalue weighted by Crippen LogP contribution is 2.24. The maximum atomic E-state index is 12.2. The molecule has 1 unspecified atom stereocenters. The zero-order valence-electron chi connectivity index (χ0n) is 16.1. The first-order chi connectivity index (χ1) is 12.4. The molecule has 1 aliphatic rings. The van der Waals surface area contributed by atoms with E-state index in [2.05, 4.69) is 42.7 Å². The smallest absolute Gasteiger partial charge is 0.244 e. The normalized spacial score (nSPS) is 16.9. The van der Waals surface area contributed by atoms with Crippen molar-refractivity contribution in [2.45, 2.75) is 40.2 Å². The molecule has 6 heteroatoms. The van der Waals surface area contributed by atoms with Gasteiger partial charge in [0.05, 0.1) is 6.04 Å². The summed E-state index contributed by atoms with van der Waals surface area (Å²) in [5.74, 6) is 1.91. The summed E-state index contributed by atoms with van der Waals surface area (Å²) in [6.45, 7) is 11.5. The number of nitrogens with zero attached hydrogens (tertiary/aromatic N) is 4. The average Bonchev–Trinajstić information content (AvgIpc) is 3.11. The largest absolute Gasteiger partial charge is 0.340 e. The van der Waals surface area contributed by atoms with Crippen LogP contribution < -0.4 is 0 Å². The van der Waals surface area contributed by atoms with Gasteiger partial charge in [-0.15, -0.1) is 0 Å². The molecule has 1 saturated heterocycles. The molecule has 1 fully saturated rings. The minimum atomic E-state index is 0.0454. The Morgan fingerprint density at radius 2 is 1.77 bits per heavy atom. The van der Waals surface area contributed by atoms with Crippen LogP contribution in [0.5, 0.6) is 0 Å². The Morgan fingerprint density at radius 1 is 1.12 bits per heavy atom. The minimum absolute atomic E-state index is 0.0454. The fourth-order valence-corrected chi connectivity index (χ4v) is 3.22. The summed E-state index contributed by atoms with van der Waals surface area (Å²) in [4.78, 5) is 21.0. The first kappa shape index (κ1) is 18.6. The van der Waals surface area contributed by atoms with E-state index in [1.165, 1.54) is 5.56 Å². The molecule has 140 valence electrons. The summed E-state index contributed by atoms with van der Waals surface area (Å²) in [7, 11) is 0. The monoisotopic (exact) mass is 356 g/mol. The lowest BCUT2D eigenvalue weighted by molar-refractivity contribution is -0.134. The van der Waals surface area contributed by atoms with Gasteiger partial charge in [-0.2, -0.15) is 4.98 Å². The number of aromatic nitrogens is 2. The topological polar surface area (TPSA) is 62.5 Å². The zero-order chi connectivity index (χ0) is 18.7. The van der Waals surface area contributed by atoms with Gasteiger partial charge in [0, 0.05) is 38.2 Å². The molecule has 1 aliphatic heterocycles. The highest BCUT2D eigenvalue weighted by Gasteiger charge is 2.27. The number of aryl methyl sites for hydroxylation is 1. The van der Waals surface area contributed by atoms with Crippen molar-refractivity contribution >= 4 is 5.91 Å². The molecule has 1 atom stereocenters. The van der Waals surface area contributed by atoms with Gasteiger partial charge < -0.3 is 9.42 Å². The molecule has 0 saturated carbocycles. The van der Waals surface area contributed by atoms with E-state index in [1.807, 2.05) is 29.2 Å². The standard InChI is InChI=1S/C20H28N4O2/c1-14(2)13-18(25)24-11-9-23(10-12-24)16(4)20-21-19(22-26-20)17-7-5-15(3)6-8-17/h5-8,14,16H,9-13H2,1-4H3. The SMILES string of the molecule is Cc1ccc(-c2noc(C(C)N3CCN(C(=O)CC(C)C)CC3)n2)cc1. The third-order valence-corrected chi connectivity index (χ3v) is 4.91. The van der Waals surface area contributed by atoms with Crippen LogP contribution in [0, 0.1) is 12.8 Å². The first-order valence-corrected chi connectivity index (χ1v) is 9.36. The van der Waals surface area contributed by atoms with Gasteiger partial charge >= 0.3 is 0 Å². The highest BCUT2D eigenvalue weighted by atomic mass is 16.5. The van der Waals surface area contributed by atoms with Crippen LogP contribution in [0.2, 0.25) is 0 Å². The predicted molar refractivity (Wildman–Crippen MR) is 100 cm³/mol. The fraction of sp³-hybridized carbons (Fsp3) is 0.550. The van der Waals surface area contributed by atoms with E-state index < -0.39 is 0 Å². The Labute approximate surface area is 155 Å². The van der Waals surface area contributed by atoms with Gasteiger partial charge in [0.1, 0.15) is 0 Å². The summed E-state index contributed by atoms with van der Waals surface area (Å²) in [5, 5.41) is 4.13. The van der Waals surface area contributed by atoms with Crippen molar-refractivity contribution in [3.05, 3.63) is 35.7 Å². The molecular formula is C20H28N4O2.